The Morgan fingerprint density at radius 3 is 2.35 bits per heavy atom. The lowest BCUT2D eigenvalue weighted by Crippen LogP contribution is -2.13. The van der Waals surface area contributed by atoms with Gasteiger partial charge in [0.25, 0.3) is 0 Å². The van der Waals surface area contributed by atoms with Gasteiger partial charge in [0.15, 0.2) is 5.78 Å². The Morgan fingerprint density at radius 2 is 1.75 bits per heavy atom. The molecule has 1 nitrogen and oxygen atoms in total. The van der Waals surface area contributed by atoms with Crippen molar-refractivity contribution in [3.05, 3.63) is 67.7 Å². The molecule has 0 unspecified atom stereocenters. The summed E-state index contributed by atoms with van der Waals surface area (Å²) in [4.78, 5) is 12.2. The van der Waals surface area contributed by atoms with Gasteiger partial charge in [-0.1, -0.05) is 29.8 Å². The fourth-order valence-corrected chi connectivity index (χ4v) is 2.24. The van der Waals surface area contributed by atoms with Crippen LogP contribution in [0.2, 0.25) is 5.02 Å². The molecule has 0 atom stereocenters. The Morgan fingerprint density at radius 1 is 1.10 bits per heavy atom. The van der Waals surface area contributed by atoms with E-state index in [1.807, 2.05) is 22.6 Å². The van der Waals surface area contributed by atoms with Crippen molar-refractivity contribution in [2.75, 3.05) is 0 Å². The number of ketones is 1. The predicted molar refractivity (Wildman–Crippen MR) is 79.0 cm³/mol. The molecule has 0 aromatic heterocycles. The third kappa shape index (κ3) is 3.15. The van der Waals surface area contributed by atoms with Crippen LogP contribution in [0.3, 0.4) is 0 Å². The standard InChI is InChI=1S/C14H7ClF3IO/c15-11-7-8(5-6-12(11)19)13(20)9-3-1-2-4-10(9)14(16,17)18/h1-7H. The van der Waals surface area contributed by atoms with Crippen LogP contribution in [0, 0.1) is 3.57 Å². The van der Waals surface area contributed by atoms with Gasteiger partial charge in [-0.05, 0) is 46.9 Å². The highest BCUT2D eigenvalue weighted by atomic mass is 127. The molecule has 0 aliphatic carbocycles. The average molecular weight is 411 g/mol. The second-order valence-corrected chi connectivity index (χ2v) is 5.57. The maximum absolute atomic E-state index is 12.9. The second-order valence-electron chi connectivity index (χ2n) is 4.00. The van der Waals surface area contributed by atoms with Gasteiger partial charge in [-0.2, -0.15) is 13.2 Å². The van der Waals surface area contributed by atoms with Gasteiger partial charge >= 0.3 is 6.18 Å². The fourth-order valence-electron chi connectivity index (χ4n) is 1.72. The first-order valence-corrected chi connectivity index (χ1v) is 6.92. The number of alkyl halides is 3. The number of carbonyl (C=O) groups excluding carboxylic acids is 1. The first-order valence-electron chi connectivity index (χ1n) is 5.46. The summed E-state index contributed by atoms with van der Waals surface area (Å²) in [5.41, 5.74) is -1.19. The van der Waals surface area contributed by atoms with Crippen molar-refractivity contribution in [1.82, 2.24) is 0 Å². The minimum atomic E-state index is -4.57. The monoisotopic (exact) mass is 410 g/mol. The molecule has 0 amide bonds. The normalized spacial score (nSPS) is 11.4. The molecule has 2 aromatic carbocycles. The van der Waals surface area contributed by atoms with Crippen LogP contribution < -0.4 is 0 Å². The molecule has 0 bridgehead atoms. The zero-order valence-corrected chi connectivity index (χ0v) is 12.8. The predicted octanol–water partition coefficient (Wildman–Crippen LogP) is 5.19. The summed E-state index contributed by atoms with van der Waals surface area (Å²) in [6.07, 6.45) is -4.57. The molecule has 0 N–H and O–H groups in total. The molecule has 104 valence electrons. The van der Waals surface area contributed by atoms with Crippen molar-refractivity contribution in [2.45, 2.75) is 6.18 Å². The van der Waals surface area contributed by atoms with Crippen LogP contribution in [0.15, 0.2) is 42.5 Å². The van der Waals surface area contributed by atoms with E-state index in [9.17, 15) is 18.0 Å². The number of carbonyl (C=O) groups is 1. The van der Waals surface area contributed by atoms with E-state index in [-0.39, 0.29) is 11.1 Å². The third-order valence-electron chi connectivity index (χ3n) is 2.66. The van der Waals surface area contributed by atoms with E-state index in [4.69, 9.17) is 11.6 Å². The lowest BCUT2D eigenvalue weighted by Gasteiger charge is -2.12. The summed E-state index contributed by atoms with van der Waals surface area (Å²) in [5, 5.41) is 0.334. The number of benzene rings is 2. The van der Waals surface area contributed by atoms with E-state index in [1.54, 1.807) is 6.07 Å². The molecular formula is C14H7ClF3IO. The zero-order chi connectivity index (χ0) is 14.9. The molecule has 0 aliphatic heterocycles. The maximum atomic E-state index is 12.9. The van der Waals surface area contributed by atoms with Crippen LogP contribution in [0.1, 0.15) is 21.5 Å². The van der Waals surface area contributed by atoms with Gasteiger partial charge in [-0.15, -0.1) is 0 Å². The van der Waals surface area contributed by atoms with Gasteiger partial charge in [0.2, 0.25) is 0 Å². The Balaban J connectivity index is 2.51. The number of hydrogen-bond acceptors (Lipinski definition) is 1. The molecule has 0 spiro atoms. The summed E-state index contributed by atoms with van der Waals surface area (Å²) in [7, 11) is 0. The smallest absolute Gasteiger partial charge is 0.289 e. The minimum Gasteiger partial charge on any atom is -0.289 e. The Kier molecular flexibility index (Phi) is 4.39. The van der Waals surface area contributed by atoms with Crippen molar-refractivity contribution in [3.63, 3.8) is 0 Å². The van der Waals surface area contributed by atoms with Crippen LogP contribution >= 0.6 is 34.2 Å². The van der Waals surface area contributed by atoms with Crippen molar-refractivity contribution < 1.29 is 18.0 Å². The lowest BCUT2D eigenvalue weighted by molar-refractivity contribution is -0.137. The molecular weight excluding hydrogens is 404 g/mol. The fraction of sp³-hybridized carbons (Fsp3) is 0.0714. The van der Waals surface area contributed by atoms with Crippen molar-refractivity contribution in [2.24, 2.45) is 0 Å². The molecule has 2 rings (SSSR count). The third-order valence-corrected chi connectivity index (χ3v) is 4.23. The number of rotatable bonds is 2. The maximum Gasteiger partial charge on any atom is 0.417 e. The van der Waals surface area contributed by atoms with Gasteiger partial charge in [0, 0.05) is 14.7 Å². The van der Waals surface area contributed by atoms with Crippen LogP contribution in [0.25, 0.3) is 0 Å². The quantitative estimate of drug-likeness (QED) is 0.492. The van der Waals surface area contributed by atoms with E-state index in [0.717, 1.165) is 15.7 Å². The van der Waals surface area contributed by atoms with E-state index >= 15 is 0 Å². The van der Waals surface area contributed by atoms with Gasteiger partial charge in [0.05, 0.1) is 10.6 Å². The van der Waals surface area contributed by atoms with Crippen molar-refractivity contribution in [1.29, 1.82) is 0 Å². The van der Waals surface area contributed by atoms with E-state index in [1.165, 1.54) is 24.3 Å². The topological polar surface area (TPSA) is 17.1 Å². The second kappa shape index (κ2) is 5.73. The molecule has 0 saturated heterocycles. The summed E-state index contributed by atoms with van der Waals surface area (Å²) >= 11 is 7.87. The molecule has 0 aliphatic rings. The van der Waals surface area contributed by atoms with Crippen molar-refractivity contribution >= 4 is 40.0 Å². The number of halogens is 5. The lowest BCUT2D eigenvalue weighted by atomic mass is 9.98. The Hall–Kier alpha value is -1.08. The Bertz CT molecular complexity index is 668. The van der Waals surface area contributed by atoms with E-state index in [0.29, 0.717) is 5.02 Å². The minimum absolute atomic E-state index is 0.132. The highest BCUT2D eigenvalue weighted by molar-refractivity contribution is 14.1. The van der Waals surface area contributed by atoms with E-state index < -0.39 is 17.5 Å². The summed E-state index contributed by atoms with van der Waals surface area (Å²) in [6.45, 7) is 0. The first kappa shape index (κ1) is 15.3. The molecule has 0 saturated carbocycles. The Labute approximate surface area is 131 Å². The van der Waals surface area contributed by atoms with Crippen molar-refractivity contribution in [3.8, 4) is 0 Å². The van der Waals surface area contributed by atoms with E-state index in [2.05, 4.69) is 0 Å². The first-order chi connectivity index (χ1) is 9.30. The number of hydrogen-bond donors (Lipinski definition) is 0. The highest BCUT2D eigenvalue weighted by Gasteiger charge is 2.34. The van der Waals surface area contributed by atoms with Crippen LogP contribution in [-0.2, 0) is 6.18 Å². The SMILES string of the molecule is O=C(c1ccc(I)c(Cl)c1)c1ccccc1C(F)(F)F. The van der Waals surface area contributed by atoms with Crippen LogP contribution in [0.4, 0.5) is 13.2 Å². The summed E-state index contributed by atoms with van der Waals surface area (Å²) in [5.74, 6) is -0.698. The molecule has 6 heteroatoms. The molecule has 2 aromatic rings. The largest absolute Gasteiger partial charge is 0.417 e. The van der Waals surface area contributed by atoms with Gasteiger partial charge in [0.1, 0.15) is 0 Å². The van der Waals surface area contributed by atoms with Gasteiger partial charge in [-0.3, -0.25) is 4.79 Å². The van der Waals surface area contributed by atoms with Crippen LogP contribution in [0.5, 0.6) is 0 Å². The van der Waals surface area contributed by atoms with Gasteiger partial charge < -0.3 is 0 Å². The average Bonchev–Trinajstić information content (AvgIpc) is 2.40. The highest BCUT2D eigenvalue weighted by Crippen LogP contribution is 2.33. The molecule has 0 heterocycles. The molecule has 0 fully saturated rings. The summed E-state index contributed by atoms with van der Waals surface area (Å²) < 4.78 is 39.4. The molecule has 20 heavy (non-hydrogen) atoms. The van der Waals surface area contributed by atoms with Gasteiger partial charge in [-0.25, -0.2) is 0 Å². The molecule has 0 radical (unpaired) electrons. The zero-order valence-electron chi connectivity index (χ0n) is 9.84. The van der Waals surface area contributed by atoms with Crippen LogP contribution in [-0.4, -0.2) is 5.78 Å². The summed E-state index contributed by atoms with van der Waals surface area (Å²) in [6, 6.07) is 9.13.